The van der Waals surface area contributed by atoms with Gasteiger partial charge in [-0.15, -0.1) is 0 Å². The van der Waals surface area contributed by atoms with E-state index in [4.69, 9.17) is 0 Å². The molecule has 2 rings (SSSR count). The minimum atomic E-state index is -0.528. The number of rotatable bonds is 5. The van der Waals surface area contributed by atoms with E-state index in [-0.39, 0.29) is 6.04 Å². The summed E-state index contributed by atoms with van der Waals surface area (Å²) >= 11 is 3.46. The first-order valence-electron chi connectivity index (χ1n) is 6.39. The molecule has 0 aliphatic heterocycles. The lowest BCUT2D eigenvalue weighted by atomic mass is 10.1. The molecule has 1 N–H and O–H groups in total. The summed E-state index contributed by atoms with van der Waals surface area (Å²) in [6.45, 7) is 4.10. The number of hydrogen-bond donors (Lipinski definition) is 1. The summed E-state index contributed by atoms with van der Waals surface area (Å²) < 4.78 is 2.72. The van der Waals surface area contributed by atoms with Crippen LogP contribution in [0.15, 0.2) is 35.2 Å². The Balaban J connectivity index is 2.08. The molecule has 0 spiro atoms. The zero-order valence-electron chi connectivity index (χ0n) is 11.1. The number of aromatic nitrogens is 3. The zero-order chi connectivity index (χ0) is 13.8. The molecule has 0 aliphatic rings. The molecule has 0 bridgehead atoms. The third-order valence-electron chi connectivity index (χ3n) is 3.02. The second-order valence-corrected chi connectivity index (χ2v) is 5.69. The van der Waals surface area contributed by atoms with Crippen LogP contribution in [-0.4, -0.2) is 19.9 Å². The van der Waals surface area contributed by atoms with Gasteiger partial charge in [0.15, 0.2) is 0 Å². The minimum Gasteiger partial charge on any atom is -0.387 e. The van der Waals surface area contributed by atoms with Crippen LogP contribution >= 0.6 is 15.9 Å². The third-order valence-corrected chi connectivity index (χ3v) is 3.63. The quantitative estimate of drug-likeness (QED) is 0.918. The van der Waals surface area contributed by atoms with Gasteiger partial charge in [0.2, 0.25) is 0 Å². The molecular weight excluding hydrogens is 306 g/mol. The lowest BCUT2D eigenvalue weighted by molar-refractivity contribution is 0.154. The van der Waals surface area contributed by atoms with Gasteiger partial charge in [0.25, 0.3) is 0 Å². The predicted molar refractivity (Wildman–Crippen MR) is 77.8 cm³/mol. The lowest BCUT2D eigenvalue weighted by Gasteiger charge is -2.16. The van der Waals surface area contributed by atoms with Gasteiger partial charge in [0.05, 0.1) is 22.5 Å². The molecule has 102 valence electrons. The van der Waals surface area contributed by atoms with Crippen molar-refractivity contribution in [3.8, 4) is 0 Å². The van der Waals surface area contributed by atoms with E-state index < -0.39 is 6.10 Å². The van der Waals surface area contributed by atoms with E-state index in [1.165, 1.54) is 0 Å². The number of aliphatic hydroxyl groups excluding tert-OH is 1. The van der Waals surface area contributed by atoms with E-state index in [9.17, 15) is 5.11 Å². The van der Waals surface area contributed by atoms with Gasteiger partial charge in [0.1, 0.15) is 0 Å². The molecule has 0 aromatic carbocycles. The maximum atomic E-state index is 10.4. The Morgan fingerprint density at radius 1 is 1.37 bits per heavy atom. The van der Waals surface area contributed by atoms with Crippen LogP contribution in [-0.2, 0) is 6.42 Å². The van der Waals surface area contributed by atoms with Crippen LogP contribution in [0, 0.1) is 0 Å². The molecule has 19 heavy (non-hydrogen) atoms. The van der Waals surface area contributed by atoms with Crippen molar-refractivity contribution < 1.29 is 5.11 Å². The summed E-state index contributed by atoms with van der Waals surface area (Å²) in [7, 11) is 0. The number of halogens is 1. The fourth-order valence-electron chi connectivity index (χ4n) is 2.06. The molecule has 2 aromatic heterocycles. The Hall–Kier alpha value is -1.20. The summed E-state index contributed by atoms with van der Waals surface area (Å²) in [5.41, 5.74) is 1.98. The average molecular weight is 324 g/mol. The SMILES string of the molecule is CC(C)n1ncc(Br)c1C(O)CCc1cccnc1. The largest absolute Gasteiger partial charge is 0.387 e. The normalized spacial score (nSPS) is 12.9. The number of nitrogens with zero attached hydrogens (tertiary/aromatic N) is 3. The standard InChI is InChI=1S/C14H18BrN3O/c1-10(2)18-14(12(15)9-17-18)13(19)6-5-11-4-3-7-16-8-11/h3-4,7-10,13,19H,5-6H2,1-2H3. The van der Waals surface area contributed by atoms with Crippen molar-refractivity contribution in [3.05, 3.63) is 46.5 Å². The second-order valence-electron chi connectivity index (χ2n) is 4.83. The molecule has 5 heteroatoms. The first-order chi connectivity index (χ1) is 9.09. The van der Waals surface area contributed by atoms with Crippen molar-refractivity contribution in [2.45, 2.75) is 38.8 Å². The number of aliphatic hydroxyl groups is 1. The fourth-order valence-corrected chi connectivity index (χ4v) is 2.60. The molecule has 1 atom stereocenters. The first-order valence-corrected chi connectivity index (χ1v) is 7.18. The highest BCUT2D eigenvalue weighted by molar-refractivity contribution is 9.10. The summed E-state index contributed by atoms with van der Waals surface area (Å²) in [6, 6.07) is 4.17. The molecule has 0 amide bonds. The van der Waals surface area contributed by atoms with Gasteiger partial charge in [-0.2, -0.15) is 5.10 Å². The Kier molecular flexibility index (Phi) is 4.71. The van der Waals surface area contributed by atoms with Crippen molar-refractivity contribution in [2.24, 2.45) is 0 Å². The summed E-state index contributed by atoms with van der Waals surface area (Å²) in [4.78, 5) is 4.08. The molecule has 1 unspecified atom stereocenters. The highest BCUT2D eigenvalue weighted by Gasteiger charge is 2.19. The molecule has 2 aromatic rings. The lowest BCUT2D eigenvalue weighted by Crippen LogP contribution is -2.12. The predicted octanol–water partition coefficient (Wildman–Crippen LogP) is 3.29. The Bertz CT molecular complexity index is 525. The van der Waals surface area contributed by atoms with Gasteiger partial charge < -0.3 is 5.11 Å². The Morgan fingerprint density at radius 3 is 2.79 bits per heavy atom. The van der Waals surface area contributed by atoms with Gasteiger partial charge in [-0.1, -0.05) is 6.07 Å². The van der Waals surface area contributed by atoms with E-state index in [1.807, 2.05) is 23.0 Å². The van der Waals surface area contributed by atoms with Gasteiger partial charge in [-0.25, -0.2) is 0 Å². The maximum absolute atomic E-state index is 10.4. The van der Waals surface area contributed by atoms with E-state index in [1.54, 1.807) is 12.4 Å². The Morgan fingerprint density at radius 2 is 2.16 bits per heavy atom. The molecule has 4 nitrogen and oxygen atoms in total. The van der Waals surface area contributed by atoms with Gasteiger partial charge in [-0.05, 0) is 54.2 Å². The molecule has 0 saturated carbocycles. The molecule has 0 saturated heterocycles. The summed E-state index contributed by atoms with van der Waals surface area (Å²) in [5.74, 6) is 0. The fraction of sp³-hybridized carbons (Fsp3) is 0.429. The van der Waals surface area contributed by atoms with Crippen molar-refractivity contribution in [3.63, 3.8) is 0 Å². The zero-order valence-corrected chi connectivity index (χ0v) is 12.7. The molecular formula is C14H18BrN3O. The van der Waals surface area contributed by atoms with Crippen LogP contribution in [0.3, 0.4) is 0 Å². The number of pyridine rings is 1. The van der Waals surface area contributed by atoms with Crippen LogP contribution < -0.4 is 0 Å². The van der Waals surface area contributed by atoms with Crippen molar-refractivity contribution in [2.75, 3.05) is 0 Å². The average Bonchev–Trinajstić information content (AvgIpc) is 2.79. The highest BCUT2D eigenvalue weighted by atomic mass is 79.9. The van der Waals surface area contributed by atoms with Crippen LogP contribution in [0.5, 0.6) is 0 Å². The van der Waals surface area contributed by atoms with Gasteiger partial charge >= 0.3 is 0 Å². The van der Waals surface area contributed by atoms with Crippen molar-refractivity contribution in [1.82, 2.24) is 14.8 Å². The maximum Gasteiger partial charge on any atom is 0.0971 e. The minimum absolute atomic E-state index is 0.231. The molecule has 2 heterocycles. The van der Waals surface area contributed by atoms with Crippen LogP contribution in [0.4, 0.5) is 0 Å². The van der Waals surface area contributed by atoms with Crippen LogP contribution in [0.1, 0.15) is 43.7 Å². The van der Waals surface area contributed by atoms with Crippen molar-refractivity contribution in [1.29, 1.82) is 0 Å². The number of hydrogen-bond acceptors (Lipinski definition) is 3. The Labute approximate surface area is 121 Å². The summed E-state index contributed by atoms with van der Waals surface area (Å²) in [6.07, 6.45) is 6.25. The third kappa shape index (κ3) is 3.42. The topological polar surface area (TPSA) is 50.9 Å². The van der Waals surface area contributed by atoms with Crippen LogP contribution in [0.2, 0.25) is 0 Å². The van der Waals surface area contributed by atoms with Gasteiger partial charge in [-0.3, -0.25) is 9.67 Å². The smallest absolute Gasteiger partial charge is 0.0971 e. The highest BCUT2D eigenvalue weighted by Crippen LogP contribution is 2.28. The summed E-state index contributed by atoms with van der Waals surface area (Å²) in [5, 5.41) is 14.7. The monoisotopic (exact) mass is 323 g/mol. The molecule has 0 fully saturated rings. The molecule has 0 radical (unpaired) electrons. The van der Waals surface area contributed by atoms with E-state index in [0.29, 0.717) is 6.42 Å². The van der Waals surface area contributed by atoms with E-state index in [2.05, 4.69) is 39.9 Å². The van der Waals surface area contributed by atoms with E-state index in [0.717, 1.165) is 22.2 Å². The van der Waals surface area contributed by atoms with Crippen molar-refractivity contribution >= 4 is 15.9 Å². The van der Waals surface area contributed by atoms with E-state index >= 15 is 0 Å². The number of aryl methyl sites for hydroxylation is 1. The first kappa shape index (κ1) is 14.2. The van der Waals surface area contributed by atoms with Gasteiger partial charge in [0, 0.05) is 18.4 Å². The molecule has 0 aliphatic carbocycles. The van der Waals surface area contributed by atoms with Crippen LogP contribution in [0.25, 0.3) is 0 Å². The second kappa shape index (κ2) is 6.30.